The van der Waals surface area contributed by atoms with Crippen LogP contribution in [0.15, 0.2) is 36.4 Å². The number of phenolic OH excluding ortho intramolecular Hbond substituents is 2. The Morgan fingerprint density at radius 2 is 1.91 bits per heavy atom. The Balaban J connectivity index is 0.000000224. The monoisotopic (exact) mass is 344 g/mol. The fourth-order valence-electron chi connectivity index (χ4n) is 1.47. The number of rotatable bonds is 4. The molecule has 0 aliphatic carbocycles. The largest absolute Gasteiger partial charge is 0.508 e. The number of nitrogens with one attached hydrogen (secondary N) is 1. The molecule has 0 bridgehead atoms. The van der Waals surface area contributed by atoms with Crippen molar-refractivity contribution in [1.82, 2.24) is 0 Å². The summed E-state index contributed by atoms with van der Waals surface area (Å²) in [6.07, 6.45) is 0. The number of nitrogens with two attached hydrogens (primary N) is 1. The van der Waals surface area contributed by atoms with Gasteiger partial charge in [-0.15, -0.1) is 0 Å². The molecule has 0 spiro atoms. The molecule has 0 aliphatic rings. The van der Waals surface area contributed by atoms with Gasteiger partial charge in [0.15, 0.2) is 0 Å². The van der Waals surface area contributed by atoms with Crippen molar-refractivity contribution in [2.45, 2.75) is 0 Å². The maximum absolute atomic E-state index is 9.10. The molecule has 0 heterocycles. The summed E-state index contributed by atoms with van der Waals surface area (Å²) in [5.41, 5.74) is 6.48. The van der Waals surface area contributed by atoms with Gasteiger partial charge in [0, 0.05) is 25.4 Å². The fourth-order valence-corrected chi connectivity index (χ4v) is 1.84. The summed E-state index contributed by atoms with van der Waals surface area (Å²) >= 11 is 11.1. The van der Waals surface area contributed by atoms with Gasteiger partial charge >= 0.3 is 0 Å². The molecule has 2 rings (SSSR count). The second-order valence-corrected chi connectivity index (χ2v) is 5.05. The maximum atomic E-state index is 9.10. The lowest BCUT2D eigenvalue weighted by Gasteiger charge is -2.04. The third kappa shape index (κ3) is 5.89. The summed E-state index contributed by atoms with van der Waals surface area (Å²) in [7, 11) is 1.66. The zero-order chi connectivity index (χ0) is 16.5. The highest BCUT2D eigenvalue weighted by Gasteiger charge is 2.04. The van der Waals surface area contributed by atoms with Crippen LogP contribution in [-0.4, -0.2) is 30.5 Å². The van der Waals surface area contributed by atoms with Crippen LogP contribution in [-0.2, 0) is 4.74 Å². The lowest BCUT2D eigenvalue weighted by molar-refractivity contribution is 0.211. The number of phenols is 2. The molecule has 120 valence electrons. The first-order valence-corrected chi connectivity index (χ1v) is 7.15. The third-order valence-electron chi connectivity index (χ3n) is 2.59. The number of benzene rings is 2. The highest BCUT2D eigenvalue weighted by Crippen LogP contribution is 2.34. The zero-order valence-corrected chi connectivity index (χ0v) is 13.5. The molecule has 7 heteroatoms. The summed E-state index contributed by atoms with van der Waals surface area (Å²) in [5.74, 6) is 0.223. The summed E-state index contributed by atoms with van der Waals surface area (Å²) in [6, 6.07) is 9.89. The van der Waals surface area contributed by atoms with Gasteiger partial charge in [0.05, 0.1) is 17.3 Å². The molecule has 0 fully saturated rings. The minimum atomic E-state index is -0.0523. The molecular weight excluding hydrogens is 327 g/mol. The van der Waals surface area contributed by atoms with Crippen LogP contribution in [0.1, 0.15) is 0 Å². The number of aromatic hydroxyl groups is 2. The van der Waals surface area contributed by atoms with Crippen LogP contribution in [0, 0.1) is 0 Å². The lowest BCUT2D eigenvalue weighted by Crippen LogP contribution is -2.07. The molecule has 2 aromatic carbocycles. The van der Waals surface area contributed by atoms with Crippen molar-refractivity contribution in [3.8, 4) is 11.5 Å². The van der Waals surface area contributed by atoms with E-state index >= 15 is 0 Å². The first kappa shape index (κ1) is 18.2. The number of nitrogen functional groups attached to an aromatic ring is 1. The van der Waals surface area contributed by atoms with Gasteiger partial charge in [0.2, 0.25) is 0 Å². The molecule has 2 aromatic rings. The Labute approximate surface area is 139 Å². The van der Waals surface area contributed by atoms with Crippen molar-refractivity contribution >= 4 is 34.6 Å². The van der Waals surface area contributed by atoms with Crippen molar-refractivity contribution in [1.29, 1.82) is 0 Å². The van der Waals surface area contributed by atoms with Crippen LogP contribution in [0.4, 0.5) is 11.4 Å². The first-order valence-electron chi connectivity index (χ1n) is 6.40. The van der Waals surface area contributed by atoms with E-state index in [0.29, 0.717) is 11.6 Å². The Hall–Kier alpha value is -1.82. The minimum Gasteiger partial charge on any atom is -0.508 e. The molecular formula is C15H18Cl2N2O3. The molecule has 0 unspecified atom stereocenters. The van der Waals surface area contributed by atoms with Crippen LogP contribution in [0.5, 0.6) is 11.5 Å². The number of halogens is 2. The number of hydrogen-bond acceptors (Lipinski definition) is 5. The van der Waals surface area contributed by atoms with Gasteiger partial charge in [-0.25, -0.2) is 0 Å². The van der Waals surface area contributed by atoms with Gasteiger partial charge in [-0.1, -0.05) is 29.3 Å². The van der Waals surface area contributed by atoms with Crippen LogP contribution in [0.3, 0.4) is 0 Å². The molecule has 5 N–H and O–H groups in total. The summed E-state index contributed by atoms with van der Waals surface area (Å²) in [5, 5.41) is 21.6. The Morgan fingerprint density at radius 1 is 1.18 bits per heavy atom. The SMILES string of the molecule is COCCNc1cccc(O)c1.Nc1c(Cl)ccc(O)c1Cl. The van der Waals surface area contributed by atoms with Crippen LogP contribution in [0.25, 0.3) is 0 Å². The van der Waals surface area contributed by atoms with Gasteiger partial charge in [0.1, 0.15) is 16.5 Å². The zero-order valence-electron chi connectivity index (χ0n) is 12.0. The fraction of sp³-hybridized carbons (Fsp3) is 0.200. The van der Waals surface area contributed by atoms with E-state index in [4.69, 9.17) is 43.9 Å². The van der Waals surface area contributed by atoms with Gasteiger partial charge in [-0.05, 0) is 24.3 Å². The highest BCUT2D eigenvalue weighted by molar-refractivity contribution is 6.39. The Bertz CT molecular complexity index is 582. The van der Waals surface area contributed by atoms with Crippen molar-refractivity contribution in [3.05, 3.63) is 46.4 Å². The molecule has 0 saturated carbocycles. The molecule has 5 nitrogen and oxygen atoms in total. The van der Waals surface area contributed by atoms with Gasteiger partial charge < -0.3 is 26.0 Å². The second kappa shape index (κ2) is 9.25. The Kier molecular flexibility index (Phi) is 7.66. The molecule has 22 heavy (non-hydrogen) atoms. The van der Waals surface area contributed by atoms with E-state index in [2.05, 4.69) is 5.32 Å². The molecule has 0 aliphatic heterocycles. The molecule has 0 saturated heterocycles. The second-order valence-electron chi connectivity index (χ2n) is 4.26. The standard InChI is InChI=1S/C9H13NO2.C6H5Cl2NO/c1-12-6-5-10-8-3-2-4-9(11)7-8;7-3-1-2-4(10)5(8)6(3)9/h2-4,7,10-11H,5-6H2,1H3;1-2,10H,9H2. The van der Waals surface area contributed by atoms with E-state index in [1.807, 2.05) is 6.07 Å². The van der Waals surface area contributed by atoms with E-state index in [-0.39, 0.29) is 22.2 Å². The van der Waals surface area contributed by atoms with E-state index in [1.165, 1.54) is 12.1 Å². The number of methoxy groups -OCH3 is 1. The van der Waals surface area contributed by atoms with E-state index in [1.54, 1.807) is 25.3 Å². The quantitative estimate of drug-likeness (QED) is 0.501. The third-order valence-corrected chi connectivity index (χ3v) is 3.31. The van der Waals surface area contributed by atoms with Crippen molar-refractivity contribution in [2.75, 3.05) is 31.3 Å². The smallest absolute Gasteiger partial charge is 0.136 e. The van der Waals surface area contributed by atoms with Gasteiger partial charge in [-0.3, -0.25) is 0 Å². The normalized spacial score (nSPS) is 9.77. The van der Waals surface area contributed by atoms with E-state index < -0.39 is 0 Å². The Morgan fingerprint density at radius 3 is 2.50 bits per heavy atom. The molecule has 0 atom stereocenters. The van der Waals surface area contributed by atoms with Crippen molar-refractivity contribution < 1.29 is 14.9 Å². The van der Waals surface area contributed by atoms with Crippen LogP contribution < -0.4 is 11.1 Å². The number of ether oxygens (including phenoxy) is 1. The van der Waals surface area contributed by atoms with Gasteiger partial charge in [0.25, 0.3) is 0 Å². The number of hydrogen-bond donors (Lipinski definition) is 4. The predicted molar refractivity (Wildman–Crippen MR) is 91.0 cm³/mol. The average Bonchev–Trinajstić information content (AvgIpc) is 2.50. The summed E-state index contributed by atoms with van der Waals surface area (Å²) in [4.78, 5) is 0. The first-order chi connectivity index (χ1) is 10.5. The predicted octanol–water partition coefficient (Wildman–Crippen LogP) is 3.73. The van der Waals surface area contributed by atoms with Crippen molar-refractivity contribution in [3.63, 3.8) is 0 Å². The number of anilines is 2. The van der Waals surface area contributed by atoms with Crippen LogP contribution >= 0.6 is 23.2 Å². The van der Waals surface area contributed by atoms with E-state index in [0.717, 1.165) is 12.2 Å². The lowest BCUT2D eigenvalue weighted by atomic mass is 10.3. The van der Waals surface area contributed by atoms with Crippen LogP contribution in [0.2, 0.25) is 10.0 Å². The van der Waals surface area contributed by atoms with Gasteiger partial charge in [-0.2, -0.15) is 0 Å². The summed E-state index contributed by atoms with van der Waals surface area (Å²) in [6.45, 7) is 1.41. The summed E-state index contributed by atoms with van der Waals surface area (Å²) < 4.78 is 4.87. The highest BCUT2D eigenvalue weighted by atomic mass is 35.5. The molecule has 0 aromatic heterocycles. The maximum Gasteiger partial charge on any atom is 0.136 e. The topological polar surface area (TPSA) is 87.7 Å². The molecule has 0 radical (unpaired) electrons. The average molecular weight is 345 g/mol. The van der Waals surface area contributed by atoms with E-state index in [9.17, 15) is 0 Å². The molecule has 0 amide bonds. The minimum absolute atomic E-state index is 0.0523. The van der Waals surface area contributed by atoms with Crippen molar-refractivity contribution in [2.24, 2.45) is 0 Å².